The van der Waals surface area contributed by atoms with E-state index in [2.05, 4.69) is 30.5 Å². The first-order valence-corrected chi connectivity index (χ1v) is 5.67. The van der Waals surface area contributed by atoms with Gasteiger partial charge in [-0.05, 0) is 43.0 Å². The van der Waals surface area contributed by atoms with E-state index in [1.54, 1.807) is 0 Å². The van der Waals surface area contributed by atoms with Crippen molar-refractivity contribution in [3.8, 4) is 6.07 Å². The first-order chi connectivity index (χ1) is 7.79. The topological polar surface area (TPSA) is 35.8 Å². The van der Waals surface area contributed by atoms with E-state index in [-0.39, 0.29) is 0 Å². The van der Waals surface area contributed by atoms with Crippen LogP contribution in [0.5, 0.6) is 0 Å². The second-order valence-corrected chi connectivity index (χ2v) is 4.27. The van der Waals surface area contributed by atoms with Crippen molar-refractivity contribution in [1.29, 1.82) is 5.26 Å². The summed E-state index contributed by atoms with van der Waals surface area (Å²) >= 11 is 0. The lowest BCUT2D eigenvalue weighted by Crippen LogP contribution is -2.25. The Kier molecular flexibility index (Phi) is 3.38. The number of benzene rings is 1. The number of nitrogens with zero attached hydrogens (tertiary/aromatic N) is 1. The summed E-state index contributed by atoms with van der Waals surface area (Å²) in [4.78, 5) is 0. The van der Waals surface area contributed by atoms with E-state index in [0.29, 0.717) is 6.04 Å². The van der Waals surface area contributed by atoms with Gasteiger partial charge in [-0.2, -0.15) is 5.26 Å². The van der Waals surface area contributed by atoms with Crippen LogP contribution in [0.1, 0.15) is 29.5 Å². The van der Waals surface area contributed by atoms with E-state index >= 15 is 0 Å². The van der Waals surface area contributed by atoms with Crippen molar-refractivity contribution in [3.63, 3.8) is 0 Å². The van der Waals surface area contributed by atoms with Gasteiger partial charge < -0.3 is 5.32 Å². The van der Waals surface area contributed by atoms with Crippen molar-refractivity contribution < 1.29 is 0 Å². The molecule has 0 atom stereocenters. The fraction of sp³-hybridized carbons (Fsp3) is 0.357. The molecule has 0 aromatic heterocycles. The second-order valence-electron chi connectivity index (χ2n) is 4.27. The normalized spacial score (nSPS) is 15.2. The zero-order valence-corrected chi connectivity index (χ0v) is 9.53. The first-order valence-electron chi connectivity index (χ1n) is 5.67. The number of hydrogen-bond donors (Lipinski definition) is 1. The molecular formula is C14H16N2. The largest absolute Gasteiger partial charge is 0.309 e. The highest BCUT2D eigenvalue weighted by Gasteiger charge is 2.09. The number of nitriles is 1. The molecule has 0 aliphatic heterocycles. The molecule has 1 aromatic rings. The predicted molar refractivity (Wildman–Crippen MR) is 64.9 cm³/mol. The van der Waals surface area contributed by atoms with Crippen molar-refractivity contribution in [1.82, 2.24) is 5.32 Å². The molecule has 1 aliphatic carbocycles. The maximum absolute atomic E-state index is 8.78. The average Bonchev–Trinajstić information content (AvgIpc) is 2.80. The van der Waals surface area contributed by atoms with Gasteiger partial charge in [-0.25, -0.2) is 0 Å². The third kappa shape index (κ3) is 2.50. The summed E-state index contributed by atoms with van der Waals surface area (Å²) in [5, 5.41) is 12.3. The van der Waals surface area contributed by atoms with Crippen LogP contribution in [-0.2, 0) is 6.54 Å². The van der Waals surface area contributed by atoms with Crippen LogP contribution < -0.4 is 5.32 Å². The van der Waals surface area contributed by atoms with E-state index in [1.807, 2.05) is 18.2 Å². The minimum Gasteiger partial charge on any atom is -0.309 e. The molecule has 0 amide bonds. The second kappa shape index (κ2) is 4.96. The number of aryl methyl sites for hydroxylation is 1. The summed E-state index contributed by atoms with van der Waals surface area (Å²) in [6, 6.07) is 8.63. The SMILES string of the molecule is Cc1cc(C#N)ccc1CNC1CC=CC1. The van der Waals surface area contributed by atoms with E-state index in [1.165, 1.54) is 11.1 Å². The van der Waals surface area contributed by atoms with Crippen molar-refractivity contribution in [2.45, 2.75) is 32.4 Å². The lowest BCUT2D eigenvalue weighted by molar-refractivity contribution is 0.537. The summed E-state index contributed by atoms with van der Waals surface area (Å²) in [6.07, 6.45) is 6.72. The van der Waals surface area contributed by atoms with E-state index in [0.717, 1.165) is 24.9 Å². The first kappa shape index (κ1) is 10.9. The minimum absolute atomic E-state index is 0.593. The van der Waals surface area contributed by atoms with Gasteiger partial charge in [-0.1, -0.05) is 18.2 Å². The van der Waals surface area contributed by atoms with Crippen molar-refractivity contribution in [2.75, 3.05) is 0 Å². The third-order valence-corrected chi connectivity index (χ3v) is 3.06. The Bertz CT molecular complexity index is 433. The van der Waals surface area contributed by atoms with Crippen molar-refractivity contribution in [2.24, 2.45) is 0 Å². The van der Waals surface area contributed by atoms with Crippen LogP contribution in [0, 0.1) is 18.3 Å². The van der Waals surface area contributed by atoms with Gasteiger partial charge >= 0.3 is 0 Å². The Morgan fingerprint density at radius 2 is 2.12 bits per heavy atom. The van der Waals surface area contributed by atoms with Gasteiger partial charge in [0, 0.05) is 12.6 Å². The Morgan fingerprint density at radius 3 is 2.75 bits per heavy atom. The molecule has 1 aromatic carbocycles. The van der Waals surface area contributed by atoms with Crippen molar-refractivity contribution >= 4 is 0 Å². The average molecular weight is 212 g/mol. The molecule has 0 spiro atoms. The number of rotatable bonds is 3. The summed E-state index contributed by atoms with van der Waals surface area (Å²) < 4.78 is 0. The van der Waals surface area contributed by atoms with E-state index < -0.39 is 0 Å². The summed E-state index contributed by atoms with van der Waals surface area (Å²) in [6.45, 7) is 2.95. The summed E-state index contributed by atoms with van der Waals surface area (Å²) in [5.74, 6) is 0. The molecule has 0 saturated carbocycles. The van der Waals surface area contributed by atoms with Crippen LogP contribution in [-0.4, -0.2) is 6.04 Å². The van der Waals surface area contributed by atoms with Crippen LogP contribution in [0.4, 0.5) is 0 Å². The highest BCUT2D eigenvalue weighted by atomic mass is 14.9. The molecule has 0 radical (unpaired) electrons. The van der Waals surface area contributed by atoms with Gasteiger partial charge in [-0.15, -0.1) is 0 Å². The van der Waals surface area contributed by atoms with Crippen LogP contribution >= 0.6 is 0 Å². The van der Waals surface area contributed by atoms with Crippen LogP contribution in [0.25, 0.3) is 0 Å². The molecule has 82 valence electrons. The highest BCUT2D eigenvalue weighted by molar-refractivity contribution is 5.37. The standard InChI is InChI=1S/C14H16N2/c1-11-8-12(9-15)6-7-13(11)10-16-14-4-2-3-5-14/h2-3,6-8,14,16H,4-5,10H2,1H3. The maximum atomic E-state index is 8.78. The molecule has 0 bridgehead atoms. The molecule has 0 unspecified atom stereocenters. The molecule has 0 saturated heterocycles. The van der Waals surface area contributed by atoms with Crippen LogP contribution in [0.2, 0.25) is 0 Å². The lowest BCUT2D eigenvalue weighted by atomic mass is 10.1. The molecule has 1 aliphatic rings. The van der Waals surface area contributed by atoms with Crippen molar-refractivity contribution in [3.05, 3.63) is 47.0 Å². The molecule has 2 heteroatoms. The van der Waals surface area contributed by atoms with E-state index in [4.69, 9.17) is 5.26 Å². The zero-order valence-electron chi connectivity index (χ0n) is 9.53. The molecular weight excluding hydrogens is 196 g/mol. The molecule has 0 heterocycles. The Labute approximate surface area is 96.6 Å². The number of nitrogens with one attached hydrogen (secondary N) is 1. The monoisotopic (exact) mass is 212 g/mol. The minimum atomic E-state index is 0.593. The number of hydrogen-bond acceptors (Lipinski definition) is 2. The molecule has 0 fully saturated rings. The summed E-state index contributed by atoms with van der Waals surface area (Å²) in [7, 11) is 0. The fourth-order valence-corrected chi connectivity index (χ4v) is 2.00. The smallest absolute Gasteiger partial charge is 0.0991 e. The zero-order chi connectivity index (χ0) is 11.4. The van der Waals surface area contributed by atoms with Crippen LogP contribution in [0.3, 0.4) is 0 Å². The van der Waals surface area contributed by atoms with Gasteiger partial charge in [-0.3, -0.25) is 0 Å². The molecule has 1 N–H and O–H groups in total. The third-order valence-electron chi connectivity index (χ3n) is 3.06. The van der Waals surface area contributed by atoms with Gasteiger partial charge in [0.1, 0.15) is 0 Å². The Morgan fingerprint density at radius 1 is 1.38 bits per heavy atom. The molecule has 2 nitrogen and oxygen atoms in total. The molecule has 16 heavy (non-hydrogen) atoms. The maximum Gasteiger partial charge on any atom is 0.0991 e. The lowest BCUT2D eigenvalue weighted by Gasteiger charge is -2.13. The van der Waals surface area contributed by atoms with Gasteiger partial charge in [0.15, 0.2) is 0 Å². The van der Waals surface area contributed by atoms with E-state index in [9.17, 15) is 0 Å². The summed E-state index contributed by atoms with van der Waals surface area (Å²) in [5.41, 5.74) is 3.21. The van der Waals surface area contributed by atoms with Gasteiger partial charge in [0.05, 0.1) is 11.6 Å². The Hall–Kier alpha value is -1.59. The van der Waals surface area contributed by atoms with Crippen LogP contribution in [0.15, 0.2) is 30.4 Å². The predicted octanol–water partition coefficient (Wildman–Crippen LogP) is 2.67. The van der Waals surface area contributed by atoms with Gasteiger partial charge in [0.2, 0.25) is 0 Å². The highest BCUT2D eigenvalue weighted by Crippen LogP contribution is 2.13. The quantitative estimate of drug-likeness (QED) is 0.782. The van der Waals surface area contributed by atoms with Gasteiger partial charge in [0.25, 0.3) is 0 Å². The fourth-order valence-electron chi connectivity index (χ4n) is 2.00. The Balaban J connectivity index is 1.96. The molecule has 2 rings (SSSR count).